The highest BCUT2D eigenvalue weighted by molar-refractivity contribution is 5.74. The van der Waals surface area contributed by atoms with E-state index in [0.717, 1.165) is 6.54 Å². The van der Waals surface area contributed by atoms with Crippen molar-refractivity contribution < 1.29 is 4.57 Å². The van der Waals surface area contributed by atoms with Crippen molar-refractivity contribution in [1.82, 2.24) is 4.57 Å². The van der Waals surface area contributed by atoms with Crippen molar-refractivity contribution in [2.75, 3.05) is 0 Å². The van der Waals surface area contributed by atoms with Crippen molar-refractivity contribution >= 4 is 17.1 Å². The maximum atomic E-state index is 2.41. The lowest BCUT2D eigenvalue weighted by Crippen LogP contribution is -2.32. The number of aromatic nitrogens is 2. The normalized spacial score (nSPS) is 15.2. The average molecular weight is 199 g/mol. The van der Waals surface area contributed by atoms with E-state index in [1.807, 2.05) is 0 Å². The Kier molecular flexibility index (Phi) is 1.72. The number of imidazole rings is 1. The monoisotopic (exact) mass is 199 g/mol. The topological polar surface area (TPSA) is 8.81 Å². The fourth-order valence-corrected chi connectivity index (χ4v) is 2.39. The summed E-state index contributed by atoms with van der Waals surface area (Å²) in [6, 6.07) is 8.60. The Hall–Kier alpha value is -1.57. The van der Waals surface area contributed by atoms with Crippen LogP contribution in [0.4, 0.5) is 0 Å². The Morgan fingerprint density at radius 1 is 1.27 bits per heavy atom. The minimum Gasteiger partial charge on any atom is -0.226 e. The quantitative estimate of drug-likeness (QED) is 0.576. The third-order valence-electron chi connectivity index (χ3n) is 3.26. The van der Waals surface area contributed by atoms with Crippen LogP contribution in [-0.2, 0) is 13.6 Å². The van der Waals surface area contributed by atoms with E-state index in [1.54, 1.807) is 0 Å². The van der Waals surface area contributed by atoms with Crippen LogP contribution in [0.3, 0.4) is 0 Å². The molecule has 0 saturated heterocycles. The largest absolute Gasteiger partial charge is 0.282 e. The summed E-state index contributed by atoms with van der Waals surface area (Å²) >= 11 is 0. The van der Waals surface area contributed by atoms with Gasteiger partial charge in [-0.1, -0.05) is 17.7 Å². The smallest absolute Gasteiger partial charge is 0.226 e. The van der Waals surface area contributed by atoms with Crippen molar-refractivity contribution in [3.8, 4) is 0 Å². The summed E-state index contributed by atoms with van der Waals surface area (Å²) < 4.78 is 4.68. The lowest BCUT2D eigenvalue weighted by Gasteiger charge is -2.07. The van der Waals surface area contributed by atoms with Gasteiger partial charge in [-0.15, -0.1) is 0 Å². The molecule has 0 spiro atoms. The summed E-state index contributed by atoms with van der Waals surface area (Å²) in [7, 11) is 2.14. The number of allylic oxidation sites excluding steroid dienone is 1. The molecule has 0 fully saturated rings. The fourth-order valence-electron chi connectivity index (χ4n) is 2.39. The number of fused-ring (bicyclic) bond motifs is 3. The van der Waals surface area contributed by atoms with Gasteiger partial charge in [0, 0.05) is 12.5 Å². The van der Waals surface area contributed by atoms with E-state index in [-0.39, 0.29) is 0 Å². The van der Waals surface area contributed by atoms with Crippen LogP contribution in [0.15, 0.2) is 29.8 Å². The van der Waals surface area contributed by atoms with E-state index in [4.69, 9.17) is 0 Å². The molecule has 2 heteroatoms. The second-order valence-electron chi connectivity index (χ2n) is 4.30. The lowest BCUT2D eigenvalue weighted by molar-refractivity contribution is -0.647. The van der Waals surface area contributed by atoms with Crippen LogP contribution in [0.1, 0.15) is 19.2 Å². The molecule has 15 heavy (non-hydrogen) atoms. The molecule has 1 aliphatic heterocycles. The van der Waals surface area contributed by atoms with Gasteiger partial charge < -0.3 is 0 Å². The zero-order valence-electron chi connectivity index (χ0n) is 9.20. The Bertz CT molecular complexity index is 561. The van der Waals surface area contributed by atoms with Gasteiger partial charge in [-0.05, 0) is 19.1 Å². The number of benzene rings is 1. The third kappa shape index (κ3) is 1.14. The molecule has 0 N–H and O–H groups in total. The molecule has 0 unspecified atom stereocenters. The molecule has 2 aromatic rings. The maximum Gasteiger partial charge on any atom is 0.282 e. The molecular formula is C13H15N2+. The number of aryl methyl sites for hydroxylation is 2. The van der Waals surface area contributed by atoms with Gasteiger partial charge >= 0.3 is 0 Å². The predicted octanol–water partition coefficient (Wildman–Crippen LogP) is 2.27. The molecule has 1 aliphatic rings. The molecule has 76 valence electrons. The zero-order valence-corrected chi connectivity index (χ0v) is 9.20. The third-order valence-corrected chi connectivity index (χ3v) is 3.26. The summed E-state index contributed by atoms with van der Waals surface area (Å²) in [5.41, 5.74) is 4.14. The van der Waals surface area contributed by atoms with Crippen LogP contribution in [0, 0.1) is 0 Å². The Labute approximate surface area is 89.5 Å². The second kappa shape index (κ2) is 2.96. The highest BCUT2D eigenvalue weighted by Crippen LogP contribution is 2.21. The van der Waals surface area contributed by atoms with E-state index in [9.17, 15) is 0 Å². The molecule has 0 amide bonds. The van der Waals surface area contributed by atoms with E-state index in [2.05, 4.69) is 53.4 Å². The van der Waals surface area contributed by atoms with Crippen LogP contribution in [0.5, 0.6) is 0 Å². The molecule has 2 nitrogen and oxygen atoms in total. The van der Waals surface area contributed by atoms with Crippen molar-refractivity contribution in [2.24, 2.45) is 7.05 Å². The van der Waals surface area contributed by atoms with Crippen molar-refractivity contribution in [3.63, 3.8) is 0 Å². The maximum absolute atomic E-state index is 2.41. The first kappa shape index (κ1) is 8.72. The van der Waals surface area contributed by atoms with Crippen LogP contribution in [-0.4, -0.2) is 4.57 Å². The van der Waals surface area contributed by atoms with Gasteiger partial charge in [0.25, 0.3) is 5.82 Å². The van der Waals surface area contributed by atoms with Crippen LogP contribution >= 0.6 is 0 Å². The van der Waals surface area contributed by atoms with Gasteiger partial charge in [-0.25, -0.2) is 9.13 Å². The Morgan fingerprint density at radius 2 is 2.07 bits per heavy atom. The first-order valence-corrected chi connectivity index (χ1v) is 5.42. The van der Waals surface area contributed by atoms with Crippen molar-refractivity contribution in [3.05, 3.63) is 35.7 Å². The van der Waals surface area contributed by atoms with E-state index in [1.165, 1.54) is 28.9 Å². The van der Waals surface area contributed by atoms with Crippen LogP contribution in [0.25, 0.3) is 17.1 Å². The van der Waals surface area contributed by atoms with Crippen molar-refractivity contribution in [2.45, 2.75) is 19.9 Å². The summed E-state index contributed by atoms with van der Waals surface area (Å²) in [4.78, 5) is 0. The second-order valence-corrected chi connectivity index (χ2v) is 4.30. The Balaban J connectivity index is 2.43. The van der Waals surface area contributed by atoms with Gasteiger partial charge in [0.1, 0.15) is 0 Å². The average Bonchev–Trinajstić information content (AvgIpc) is 2.54. The molecule has 0 aliphatic carbocycles. The van der Waals surface area contributed by atoms with Gasteiger partial charge in [0.15, 0.2) is 11.0 Å². The molecule has 0 bridgehead atoms. The van der Waals surface area contributed by atoms with Gasteiger partial charge in [0.2, 0.25) is 0 Å². The molecule has 3 rings (SSSR count). The molecule has 0 radical (unpaired) electrons. The number of rotatable bonds is 0. The summed E-state index contributed by atoms with van der Waals surface area (Å²) in [5, 5.41) is 0. The number of para-hydroxylation sites is 2. The van der Waals surface area contributed by atoms with Crippen molar-refractivity contribution in [1.29, 1.82) is 0 Å². The zero-order chi connectivity index (χ0) is 10.4. The van der Waals surface area contributed by atoms with Crippen LogP contribution in [0.2, 0.25) is 0 Å². The first-order chi connectivity index (χ1) is 7.27. The van der Waals surface area contributed by atoms with E-state index < -0.39 is 0 Å². The Morgan fingerprint density at radius 3 is 2.93 bits per heavy atom. The minimum absolute atomic E-state index is 1.11. The number of nitrogens with zero attached hydrogens (tertiary/aromatic N) is 2. The lowest BCUT2D eigenvalue weighted by atomic mass is 10.1. The van der Waals surface area contributed by atoms with Gasteiger partial charge in [-0.3, -0.25) is 0 Å². The first-order valence-electron chi connectivity index (χ1n) is 5.42. The van der Waals surface area contributed by atoms with Gasteiger partial charge in [-0.2, -0.15) is 0 Å². The highest BCUT2D eigenvalue weighted by Gasteiger charge is 2.23. The number of hydrogen-bond donors (Lipinski definition) is 0. The van der Waals surface area contributed by atoms with Crippen LogP contribution < -0.4 is 4.57 Å². The molecule has 0 saturated carbocycles. The predicted molar refractivity (Wildman–Crippen MR) is 61.4 cm³/mol. The standard InChI is InChI=1S/C13H15N2/c1-10-7-8-15-12-6-4-3-5-11(12)14(2)13(15)9-10/h3-6,9H,7-8H2,1-2H3/q+1. The molecular weight excluding hydrogens is 184 g/mol. The summed E-state index contributed by atoms with van der Waals surface area (Å²) in [6.07, 6.45) is 3.47. The van der Waals surface area contributed by atoms with Gasteiger partial charge in [0.05, 0.1) is 13.6 Å². The molecule has 1 aromatic heterocycles. The molecule has 2 heterocycles. The molecule has 1 aromatic carbocycles. The van der Waals surface area contributed by atoms with E-state index in [0.29, 0.717) is 0 Å². The van der Waals surface area contributed by atoms with E-state index >= 15 is 0 Å². The summed E-state index contributed by atoms with van der Waals surface area (Å²) in [6.45, 7) is 3.32. The number of hydrogen-bond acceptors (Lipinski definition) is 0. The fraction of sp³-hybridized carbons (Fsp3) is 0.308. The molecule has 0 atom stereocenters. The summed E-state index contributed by atoms with van der Waals surface area (Å²) in [5.74, 6) is 1.32. The SMILES string of the molecule is CC1=Cc2n(c3ccccc3[n+]2C)CC1. The minimum atomic E-state index is 1.11. The highest BCUT2D eigenvalue weighted by atomic mass is 15.2.